The Kier molecular flexibility index (Phi) is 5.20. The molecule has 0 saturated heterocycles. The van der Waals surface area contributed by atoms with Crippen LogP contribution in [0.25, 0.3) is 5.69 Å². The first-order valence-corrected chi connectivity index (χ1v) is 9.97. The van der Waals surface area contributed by atoms with Crippen LogP contribution in [0, 0.1) is 6.92 Å². The molecular formula is C22H21ClN4O2. The molecule has 148 valence electrons. The van der Waals surface area contributed by atoms with Crippen LogP contribution >= 0.6 is 11.6 Å². The number of Topliss-reactive ketones (excluding diaryl/α,β-unsaturated/α-hetero) is 1. The standard InChI is InChI=1S/C22H21ClN4O2/c1-3-4-16(28)12-19-22-26-25-13(2)27(22)20-10-9-17(29)11-18(20)21(24-19)14-5-7-15(23)8-6-14/h5-11,19,29H,3-4,12H2,1-2H3/t19-/m0/s1. The normalized spacial score (nSPS) is 15.3. The molecule has 0 fully saturated rings. The molecule has 0 spiro atoms. The fraction of sp³-hybridized carbons (Fsp3) is 0.273. The molecule has 1 aliphatic rings. The van der Waals surface area contributed by atoms with Crippen LogP contribution in [0.4, 0.5) is 0 Å². The summed E-state index contributed by atoms with van der Waals surface area (Å²) in [7, 11) is 0. The number of aliphatic imine (C=N–C) groups is 1. The lowest BCUT2D eigenvalue weighted by Gasteiger charge is -2.13. The molecule has 7 heteroatoms. The molecule has 6 nitrogen and oxygen atoms in total. The highest BCUT2D eigenvalue weighted by atomic mass is 35.5. The van der Waals surface area contributed by atoms with Gasteiger partial charge < -0.3 is 5.11 Å². The first kappa shape index (κ1) is 19.3. The van der Waals surface area contributed by atoms with E-state index in [1.54, 1.807) is 24.3 Å². The number of fused-ring (bicyclic) bond motifs is 3. The lowest BCUT2D eigenvalue weighted by atomic mass is 10.00. The number of phenols is 1. The monoisotopic (exact) mass is 408 g/mol. The van der Waals surface area contributed by atoms with E-state index in [0.29, 0.717) is 28.8 Å². The highest BCUT2D eigenvalue weighted by Gasteiger charge is 2.29. The number of aromatic nitrogens is 3. The smallest absolute Gasteiger partial charge is 0.162 e. The maximum atomic E-state index is 12.5. The summed E-state index contributed by atoms with van der Waals surface area (Å²) >= 11 is 6.07. The molecule has 0 bridgehead atoms. The van der Waals surface area contributed by atoms with E-state index in [0.717, 1.165) is 23.2 Å². The van der Waals surface area contributed by atoms with E-state index in [1.165, 1.54) is 0 Å². The van der Waals surface area contributed by atoms with Gasteiger partial charge in [0.2, 0.25) is 0 Å². The zero-order chi connectivity index (χ0) is 20.5. The van der Waals surface area contributed by atoms with Crippen LogP contribution in [0.5, 0.6) is 5.75 Å². The SMILES string of the molecule is CCCC(=O)C[C@@H]1N=C(c2ccc(Cl)cc2)c2cc(O)ccc2-n2c(C)nnc21. The summed E-state index contributed by atoms with van der Waals surface area (Å²) in [5.74, 6) is 1.60. The number of carbonyl (C=O) groups excluding carboxylic acids is 1. The molecule has 0 aliphatic carbocycles. The van der Waals surface area contributed by atoms with E-state index >= 15 is 0 Å². The highest BCUT2D eigenvalue weighted by Crippen LogP contribution is 2.34. The average molecular weight is 409 g/mol. The van der Waals surface area contributed by atoms with Gasteiger partial charge in [-0.05, 0) is 43.7 Å². The van der Waals surface area contributed by atoms with Crippen LogP contribution < -0.4 is 0 Å². The van der Waals surface area contributed by atoms with Gasteiger partial charge in [0.15, 0.2) is 5.82 Å². The number of halogens is 1. The van der Waals surface area contributed by atoms with Crippen molar-refractivity contribution in [3.8, 4) is 11.4 Å². The summed E-state index contributed by atoms with van der Waals surface area (Å²) in [4.78, 5) is 17.4. The highest BCUT2D eigenvalue weighted by molar-refractivity contribution is 6.30. The Morgan fingerprint density at radius 1 is 1.17 bits per heavy atom. The van der Waals surface area contributed by atoms with E-state index < -0.39 is 6.04 Å². The van der Waals surface area contributed by atoms with E-state index in [9.17, 15) is 9.90 Å². The lowest BCUT2D eigenvalue weighted by Crippen LogP contribution is -2.11. The Morgan fingerprint density at radius 2 is 1.93 bits per heavy atom. The van der Waals surface area contributed by atoms with Crippen LogP contribution in [0.1, 0.15) is 55.0 Å². The third kappa shape index (κ3) is 3.68. The van der Waals surface area contributed by atoms with Gasteiger partial charge in [-0.25, -0.2) is 0 Å². The van der Waals surface area contributed by atoms with Crippen molar-refractivity contribution in [2.75, 3.05) is 0 Å². The van der Waals surface area contributed by atoms with Gasteiger partial charge in [0.1, 0.15) is 23.4 Å². The molecule has 0 radical (unpaired) electrons. The maximum absolute atomic E-state index is 12.5. The Morgan fingerprint density at radius 3 is 2.66 bits per heavy atom. The van der Waals surface area contributed by atoms with Gasteiger partial charge in [-0.3, -0.25) is 14.4 Å². The second-order valence-corrected chi connectivity index (χ2v) is 7.57. The van der Waals surface area contributed by atoms with Crippen LogP contribution in [0.3, 0.4) is 0 Å². The number of hydrogen-bond acceptors (Lipinski definition) is 5. The van der Waals surface area contributed by atoms with Crippen molar-refractivity contribution in [3.63, 3.8) is 0 Å². The summed E-state index contributed by atoms with van der Waals surface area (Å²) in [5, 5.41) is 19.4. The fourth-order valence-corrected chi connectivity index (χ4v) is 3.78. The molecule has 1 aromatic heterocycles. The molecule has 2 aromatic carbocycles. The minimum Gasteiger partial charge on any atom is -0.508 e. The van der Waals surface area contributed by atoms with E-state index in [2.05, 4.69) is 10.2 Å². The summed E-state index contributed by atoms with van der Waals surface area (Å²) in [6.07, 6.45) is 1.55. The maximum Gasteiger partial charge on any atom is 0.162 e. The molecule has 2 heterocycles. The number of phenolic OH excluding ortho intramolecular Hbond substituents is 1. The summed E-state index contributed by atoms with van der Waals surface area (Å²) in [5.41, 5.74) is 3.11. The number of nitrogens with zero attached hydrogens (tertiary/aromatic N) is 4. The van der Waals surface area contributed by atoms with E-state index in [4.69, 9.17) is 16.6 Å². The van der Waals surface area contributed by atoms with Crippen LogP contribution in [-0.2, 0) is 4.79 Å². The first-order valence-electron chi connectivity index (χ1n) is 9.59. The molecule has 1 N–H and O–H groups in total. The fourth-order valence-electron chi connectivity index (χ4n) is 3.66. The van der Waals surface area contributed by atoms with Crippen LogP contribution in [0.15, 0.2) is 47.5 Å². The number of carbonyl (C=O) groups is 1. The van der Waals surface area contributed by atoms with E-state index in [-0.39, 0.29) is 18.0 Å². The molecule has 0 amide bonds. The third-order valence-corrected chi connectivity index (χ3v) is 5.23. The first-order chi connectivity index (χ1) is 14.0. The number of benzene rings is 2. The van der Waals surface area contributed by atoms with Gasteiger partial charge in [-0.1, -0.05) is 30.7 Å². The zero-order valence-electron chi connectivity index (χ0n) is 16.3. The van der Waals surface area contributed by atoms with Gasteiger partial charge in [-0.2, -0.15) is 0 Å². The van der Waals surface area contributed by atoms with Gasteiger partial charge in [0.25, 0.3) is 0 Å². The van der Waals surface area contributed by atoms with E-state index in [1.807, 2.05) is 36.6 Å². The molecule has 0 saturated carbocycles. The Balaban J connectivity index is 1.95. The quantitative estimate of drug-likeness (QED) is 0.669. The summed E-state index contributed by atoms with van der Waals surface area (Å²) in [6.45, 7) is 3.85. The Labute approximate surface area is 173 Å². The number of hydrogen-bond donors (Lipinski definition) is 1. The number of aromatic hydroxyl groups is 1. The predicted molar refractivity (Wildman–Crippen MR) is 112 cm³/mol. The topological polar surface area (TPSA) is 80.4 Å². The van der Waals surface area contributed by atoms with Crippen molar-refractivity contribution < 1.29 is 9.90 Å². The molecule has 3 aromatic rings. The van der Waals surface area contributed by atoms with Gasteiger partial charge in [0, 0.05) is 29.0 Å². The summed E-state index contributed by atoms with van der Waals surface area (Å²) < 4.78 is 1.92. The second-order valence-electron chi connectivity index (χ2n) is 7.14. The van der Waals surface area contributed by atoms with Gasteiger partial charge in [-0.15, -0.1) is 10.2 Å². The largest absolute Gasteiger partial charge is 0.508 e. The van der Waals surface area contributed by atoms with Crippen molar-refractivity contribution in [1.29, 1.82) is 0 Å². The Bertz CT molecular complexity index is 1100. The van der Waals surface area contributed by atoms with Crippen molar-refractivity contribution in [2.24, 2.45) is 4.99 Å². The number of aryl methyl sites for hydroxylation is 1. The summed E-state index contributed by atoms with van der Waals surface area (Å²) in [6, 6.07) is 12.1. The number of ketones is 1. The zero-order valence-corrected chi connectivity index (χ0v) is 17.0. The lowest BCUT2D eigenvalue weighted by molar-refractivity contribution is -0.119. The minimum absolute atomic E-state index is 0.137. The molecular weight excluding hydrogens is 388 g/mol. The van der Waals surface area contributed by atoms with Crippen molar-refractivity contribution in [2.45, 2.75) is 39.2 Å². The molecule has 1 atom stereocenters. The van der Waals surface area contributed by atoms with Crippen LogP contribution in [-0.4, -0.2) is 31.4 Å². The molecule has 1 aliphatic heterocycles. The average Bonchev–Trinajstić information content (AvgIpc) is 3.01. The molecule has 0 unspecified atom stereocenters. The van der Waals surface area contributed by atoms with Crippen molar-refractivity contribution in [3.05, 3.63) is 70.3 Å². The Hall–Kier alpha value is -2.99. The molecule has 29 heavy (non-hydrogen) atoms. The van der Waals surface area contributed by atoms with Crippen molar-refractivity contribution >= 4 is 23.1 Å². The van der Waals surface area contributed by atoms with Crippen LogP contribution in [0.2, 0.25) is 5.02 Å². The van der Waals surface area contributed by atoms with Crippen molar-refractivity contribution in [1.82, 2.24) is 14.8 Å². The third-order valence-electron chi connectivity index (χ3n) is 4.98. The molecule has 4 rings (SSSR count). The second kappa shape index (κ2) is 7.79. The minimum atomic E-state index is -0.463. The predicted octanol–water partition coefficient (Wildman–Crippen LogP) is 4.59. The van der Waals surface area contributed by atoms with Gasteiger partial charge >= 0.3 is 0 Å². The number of rotatable bonds is 5. The van der Waals surface area contributed by atoms with Gasteiger partial charge in [0.05, 0.1) is 11.4 Å².